The first-order valence-corrected chi connectivity index (χ1v) is 7.78. The third kappa shape index (κ3) is 5.58. The van der Waals surface area contributed by atoms with Crippen molar-refractivity contribution in [3.05, 3.63) is 35.4 Å². The Kier molecular flexibility index (Phi) is 5.81. The number of amides is 1. The highest BCUT2D eigenvalue weighted by Gasteiger charge is 2.38. The van der Waals surface area contributed by atoms with Crippen LogP contribution in [0.1, 0.15) is 52.7 Å². The molecule has 0 saturated heterocycles. The summed E-state index contributed by atoms with van der Waals surface area (Å²) < 4.78 is 5.17. The van der Waals surface area contributed by atoms with Crippen LogP contribution in [0.5, 0.6) is 0 Å². The summed E-state index contributed by atoms with van der Waals surface area (Å²) in [6, 6.07) is 7.27. The van der Waals surface area contributed by atoms with E-state index in [0.29, 0.717) is 11.5 Å². The van der Waals surface area contributed by atoms with Crippen LogP contribution in [0.2, 0.25) is 0 Å². The van der Waals surface area contributed by atoms with Gasteiger partial charge in [0.15, 0.2) is 5.54 Å². The normalized spacial score (nSPS) is 14.2. The molecule has 1 aromatic rings. The summed E-state index contributed by atoms with van der Waals surface area (Å²) in [4.78, 5) is 23.7. The molecular formula is C18H27NO4. The summed E-state index contributed by atoms with van der Waals surface area (Å²) in [5, 5.41) is 12.0. The number of benzene rings is 1. The van der Waals surface area contributed by atoms with Gasteiger partial charge in [0.05, 0.1) is 0 Å². The fourth-order valence-corrected chi connectivity index (χ4v) is 2.20. The predicted molar refractivity (Wildman–Crippen MR) is 89.3 cm³/mol. The molecule has 128 valence electrons. The Morgan fingerprint density at radius 1 is 1.13 bits per heavy atom. The van der Waals surface area contributed by atoms with E-state index in [2.05, 4.69) is 19.2 Å². The average molecular weight is 321 g/mol. The van der Waals surface area contributed by atoms with Crippen LogP contribution in [0.25, 0.3) is 0 Å². The van der Waals surface area contributed by atoms with Crippen LogP contribution < -0.4 is 5.32 Å². The SMILES string of the molecule is CC(C)Cc1ccc([C@](C)(NC(=O)OC(C)(C)C)C(=O)O)cc1. The minimum atomic E-state index is -1.54. The summed E-state index contributed by atoms with van der Waals surface area (Å²) in [5.41, 5.74) is -0.597. The van der Waals surface area contributed by atoms with E-state index in [1.165, 1.54) is 6.92 Å². The van der Waals surface area contributed by atoms with Crippen LogP contribution >= 0.6 is 0 Å². The van der Waals surface area contributed by atoms with Crippen molar-refractivity contribution in [1.82, 2.24) is 5.32 Å². The molecule has 0 saturated carbocycles. The number of hydrogen-bond donors (Lipinski definition) is 2. The van der Waals surface area contributed by atoms with E-state index < -0.39 is 23.2 Å². The van der Waals surface area contributed by atoms with Crippen LogP contribution in [0.3, 0.4) is 0 Å². The van der Waals surface area contributed by atoms with Crippen LogP contribution in [0, 0.1) is 5.92 Å². The van der Waals surface area contributed by atoms with Crippen molar-refractivity contribution in [3.63, 3.8) is 0 Å². The smallest absolute Gasteiger partial charge is 0.408 e. The fraction of sp³-hybridized carbons (Fsp3) is 0.556. The molecule has 1 rings (SSSR count). The van der Waals surface area contributed by atoms with Crippen molar-refractivity contribution < 1.29 is 19.4 Å². The van der Waals surface area contributed by atoms with Crippen LogP contribution in [-0.4, -0.2) is 22.8 Å². The Morgan fingerprint density at radius 2 is 1.65 bits per heavy atom. The first-order chi connectivity index (χ1) is 10.4. The number of hydrogen-bond acceptors (Lipinski definition) is 3. The summed E-state index contributed by atoms with van der Waals surface area (Å²) in [5.74, 6) is -0.619. The Bertz CT molecular complexity index is 557. The van der Waals surface area contributed by atoms with E-state index in [0.717, 1.165) is 12.0 Å². The Labute approximate surface area is 138 Å². The molecule has 0 unspecified atom stereocenters. The van der Waals surface area contributed by atoms with E-state index in [1.807, 2.05) is 12.1 Å². The van der Waals surface area contributed by atoms with Gasteiger partial charge in [-0.1, -0.05) is 38.1 Å². The lowest BCUT2D eigenvalue weighted by Crippen LogP contribution is -2.51. The van der Waals surface area contributed by atoms with Gasteiger partial charge >= 0.3 is 12.1 Å². The molecule has 0 aromatic heterocycles. The van der Waals surface area contributed by atoms with Gasteiger partial charge in [0.25, 0.3) is 0 Å². The Morgan fingerprint density at radius 3 is 2.04 bits per heavy atom. The number of carbonyl (C=O) groups is 2. The topological polar surface area (TPSA) is 75.6 Å². The van der Waals surface area contributed by atoms with Crippen molar-refractivity contribution in [1.29, 1.82) is 0 Å². The van der Waals surface area contributed by atoms with Gasteiger partial charge in [-0.2, -0.15) is 0 Å². The van der Waals surface area contributed by atoms with E-state index in [4.69, 9.17) is 4.74 Å². The molecule has 0 aliphatic carbocycles. The molecule has 0 bridgehead atoms. The summed E-state index contributed by atoms with van der Waals surface area (Å²) >= 11 is 0. The lowest BCUT2D eigenvalue weighted by Gasteiger charge is -2.29. The van der Waals surface area contributed by atoms with E-state index in [1.54, 1.807) is 32.9 Å². The summed E-state index contributed by atoms with van der Waals surface area (Å²) in [7, 11) is 0. The van der Waals surface area contributed by atoms with Crippen molar-refractivity contribution in [3.8, 4) is 0 Å². The Balaban J connectivity index is 3.00. The molecule has 0 radical (unpaired) electrons. The summed E-state index contributed by atoms with van der Waals surface area (Å²) in [6.07, 6.45) is 0.164. The van der Waals surface area contributed by atoms with Gasteiger partial charge in [0, 0.05) is 0 Å². The molecule has 5 nitrogen and oxygen atoms in total. The Hall–Kier alpha value is -2.04. The first-order valence-electron chi connectivity index (χ1n) is 7.78. The standard InChI is InChI=1S/C18H27NO4/c1-12(2)11-13-7-9-14(10-8-13)18(6,15(20)21)19-16(22)23-17(3,4)5/h7-10,12H,11H2,1-6H3,(H,19,22)(H,20,21)/t18-/m0/s1. The maximum atomic E-state index is 12.0. The monoisotopic (exact) mass is 321 g/mol. The predicted octanol–water partition coefficient (Wildman–Crippen LogP) is 3.71. The van der Waals surface area contributed by atoms with Crippen molar-refractivity contribution in [2.75, 3.05) is 0 Å². The number of carbonyl (C=O) groups excluding carboxylic acids is 1. The number of carboxylic acids is 1. The van der Waals surface area contributed by atoms with E-state index >= 15 is 0 Å². The largest absolute Gasteiger partial charge is 0.479 e. The lowest BCUT2D eigenvalue weighted by molar-refractivity contribution is -0.144. The third-order valence-corrected chi connectivity index (χ3v) is 3.35. The molecular weight excluding hydrogens is 294 g/mol. The van der Waals surface area contributed by atoms with Crippen LogP contribution in [0.4, 0.5) is 4.79 Å². The second kappa shape index (κ2) is 7.02. The number of rotatable bonds is 5. The molecule has 2 N–H and O–H groups in total. The van der Waals surface area contributed by atoms with Crippen molar-refractivity contribution >= 4 is 12.1 Å². The van der Waals surface area contributed by atoms with Crippen molar-refractivity contribution in [2.24, 2.45) is 5.92 Å². The van der Waals surface area contributed by atoms with Gasteiger partial charge < -0.3 is 15.2 Å². The zero-order valence-electron chi connectivity index (χ0n) is 14.8. The second-order valence-corrected chi connectivity index (χ2v) is 7.35. The van der Waals surface area contributed by atoms with Gasteiger partial charge in [-0.05, 0) is 51.2 Å². The third-order valence-electron chi connectivity index (χ3n) is 3.35. The molecule has 0 fully saturated rings. The summed E-state index contributed by atoms with van der Waals surface area (Å²) in [6.45, 7) is 10.9. The zero-order valence-corrected chi connectivity index (χ0v) is 14.8. The average Bonchev–Trinajstić information content (AvgIpc) is 2.35. The molecule has 0 spiro atoms. The minimum absolute atomic E-state index is 0.503. The second-order valence-electron chi connectivity index (χ2n) is 7.35. The van der Waals surface area contributed by atoms with Gasteiger partial charge in [0.2, 0.25) is 0 Å². The number of nitrogens with one attached hydrogen (secondary N) is 1. The molecule has 1 amide bonds. The molecule has 5 heteroatoms. The number of ether oxygens (including phenoxy) is 1. The lowest BCUT2D eigenvalue weighted by atomic mass is 9.90. The van der Waals surface area contributed by atoms with Crippen LogP contribution in [-0.2, 0) is 21.5 Å². The highest BCUT2D eigenvalue weighted by molar-refractivity contribution is 5.85. The minimum Gasteiger partial charge on any atom is -0.479 e. The number of aliphatic carboxylic acids is 1. The molecule has 23 heavy (non-hydrogen) atoms. The zero-order chi connectivity index (χ0) is 17.8. The molecule has 0 heterocycles. The number of alkyl carbamates (subject to hydrolysis) is 1. The highest BCUT2D eigenvalue weighted by atomic mass is 16.6. The quantitative estimate of drug-likeness (QED) is 0.867. The molecule has 0 aliphatic heterocycles. The van der Waals surface area contributed by atoms with Crippen molar-refractivity contribution in [2.45, 2.75) is 59.1 Å². The van der Waals surface area contributed by atoms with Crippen LogP contribution in [0.15, 0.2) is 24.3 Å². The number of carboxylic acid groups (broad SMARTS) is 1. The highest BCUT2D eigenvalue weighted by Crippen LogP contribution is 2.23. The van der Waals surface area contributed by atoms with E-state index in [-0.39, 0.29) is 0 Å². The molecule has 1 atom stereocenters. The maximum Gasteiger partial charge on any atom is 0.408 e. The van der Waals surface area contributed by atoms with E-state index in [9.17, 15) is 14.7 Å². The maximum absolute atomic E-state index is 12.0. The van der Waals surface area contributed by atoms with Gasteiger partial charge in [-0.25, -0.2) is 9.59 Å². The fourth-order valence-electron chi connectivity index (χ4n) is 2.20. The van der Waals surface area contributed by atoms with Gasteiger partial charge in [0.1, 0.15) is 5.60 Å². The van der Waals surface area contributed by atoms with Gasteiger partial charge in [-0.15, -0.1) is 0 Å². The molecule has 0 aliphatic rings. The molecule has 1 aromatic carbocycles. The van der Waals surface area contributed by atoms with Gasteiger partial charge in [-0.3, -0.25) is 0 Å². The first kappa shape index (κ1) is 19.0.